The Bertz CT molecular complexity index is 300. The molecule has 0 radical (unpaired) electrons. The molecule has 0 heterocycles. The van der Waals surface area contributed by atoms with Gasteiger partial charge < -0.3 is 0 Å². The van der Waals surface area contributed by atoms with Gasteiger partial charge in [-0.1, -0.05) is 18.2 Å². The maximum Gasteiger partial charge on any atom is 0.129 e. The fourth-order valence-electron chi connectivity index (χ4n) is 1.23. The quantitative estimate of drug-likeness (QED) is 0.589. The van der Waals surface area contributed by atoms with Gasteiger partial charge in [0.1, 0.15) is 5.82 Å². The van der Waals surface area contributed by atoms with E-state index in [1.54, 1.807) is 19.1 Å². The van der Waals surface area contributed by atoms with Crippen molar-refractivity contribution in [1.29, 1.82) is 0 Å². The van der Waals surface area contributed by atoms with Crippen molar-refractivity contribution in [3.63, 3.8) is 0 Å². The second-order valence-electron chi connectivity index (χ2n) is 2.98. The molecule has 0 nitrogen and oxygen atoms in total. The third-order valence-corrected chi connectivity index (χ3v) is 2.02. The van der Waals surface area contributed by atoms with Crippen molar-refractivity contribution in [2.75, 3.05) is 0 Å². The molecule has 0 atom stereocenters. The molecule has 0 saturated heterocycles. The topological polar surface area (TPSA) is 0 Å². The zero-order valence-electron chi connectivity index (χ0n) is 7.52. The molecule has 0 aliphatic carbocycles. The predicted octanol–water partition coefficient (Wildman–Crippen LogP) is 3.17. The molecule has 1 rings (SSSR count). The first-order valence-corrected chi connectivity index (χ1v) is 4.02. The van der Waals surface area contributed by atoms with Gasteiger partial charge in [0.15, 0.2) is 0 Å². The number of allylic oxidation sites excluding steroid dienone is 1. The maximum absolute atomic E-state index is 13.4. The molecule has 0 N–H and O–H groups in total. The summed E-state index contributed by atoms with van der Waals surface area (Å²) in [6.45, 7) is 7.30. The molecule has 0 fully saturated rings. The molecule has 0 aromatic heterocycles. The molecule has 0 saturated carbocycles. The largest absolute Gasteiger partial charge is 0.206 e. The monoisotopic (exact) mass is 164 g/mol. The first-order valence-electron chi connectivity index (χ1n) is 4.02. The SMILES string of the molecule is C=CCc1c(C)ccc(C)c1F. The fraction of sp³-hybridized carbons (Fsp3) is 0.273. The van der Waals surface area contributed by atoms with E-state index in [0.29, 0.717) is 12.0 Å². The Morgan fingerprint density at radius 1 is 1.33 bits per heavy atom. The highest BCUT2D eigenvalue weighted by atomic mass is 19.1. The van der Waals surface area contributed by atoms with Crippen molar-refractivity contribution in [2.24, 2.45) is 0 Å². The van der Waals surface area contributed by atoms with E-state index in [-0.39, 0.29) is 5.82 Å². The minimum absolute atomic E-state index is 0.0881. The van der Waals surface area contributed by atoms with Crippen LogP contribution < -0.4 is 0 Å². The molecule has 1 aromatic carbocycles. The normalized spacial score (nSPS) is 9.92. The number of hydrogen-bond acceptors (Lipinski definition) is 0. The maximum atomic E-state index is 13.4. The van der Waals surface area contributed by atoms with Crippen LogP contribution in [0.25, 0.3) is 0 Å². The lowest BCUT2D eigenvalue weighted by Gasteiger charge is -2.06. The summed E-state index contributed by atoms with van der Waals surface area (Å²) < 4.78 is 13.4. The number of hydrogen-bond donors (Lipinski definition) is 0. The van der Waals surface area contributed by atoms with Crippen LogP contribution >= 0.6 is 0 Å². The highest BCUT2D eigenvalue weighted by Crippen LogP contribution is 2.17. The molecule has 0 amide bonds. The van der Waals surface area contributed by atoms with Gasteiger partial charge in [-0.2, -0.15) is 0 Å². The molecular weight excluding hydrogens is 151 g/mol. The van der Waals surface area contributed by atoms with Gasteiger partial charge in [-0.05, 0) is 37.0 Å². The Balaban J connectivity index is 3.22. The first-order chi connectivity index (χ1) is 5.66. The molecule has 1 aromatic rings. The lowest BCUT2D eigenvalue weighted by Crippen LogP contribution is -1.95. The molecule has 0 aliphatic rings. The molecule has 0 unspecified atom stereocenters. The summed E-state index contributed by atoms with van der Waals surface area (Å²) in [5.41, 5.74) is 2.47. The highest BCUT2D eigenvalue weighted by Gasteiger charge is 2.05. The summed E-state index contributed by atoms with van der Waals surface area (Å²) >= 11 is 0. The summed E-state index contributed by atoms with van der Waals surface area (Å²) in [7, 11) is 0. The van der Waals surface area contributed by atoms with E-state index in [1.165, 1.54) is 0 Å². The van der Waals surface area contributed by atoms with Crippen LogP contribution in [-0.4, -0.2) is 0 Å². The van der Waals surface area contributed by atoms with Crippen molar-refractivity contribution in [3.8, 4) is 0 Å². The standard InChI is InChI=1S/C11H13F/c1-4-5-10-8(2)6-7-9(3)11(10)12/h4,6-7H,1,5H2,2-3H3. The zero-order valence-corrected chi connectivity index (χ0v) is 7.52. The van der Waals surface area contributed by atoms with Crippen LogP contribution in [-0.2, 0) is 6.42 Å². The molecular formula is C11H13F. The van der Waals surface area contributed by atoms with E-state index >= 15 is 0 Å². The Morgan fingerprint density at radius 2 is 1.92 bits per heavy atom. The van der Waals surface area contributed by atoms with Crippen LogP contribution in [0.1, 0.15) is 16.7 Å². The van der Waals surface area contributed by atoms with Gasteiger partial charge in [0.2, 0.25) is 0 Å². The van der Waals surface area contributed by atoms with Crippen LogP contribution in [0.5, 0.6) is 0 Å². The van der Waals surface area contributed by atoms with Gasteiger partial charge in [-0.15, -0.1) is 6.58 Å². The third-order valence-electron chi connectivity index (χ3n) is 2.02. The molecule has 12 heavy (non-hydrogen) atoms. The van der Waals surface area contributed by atoms with Crippen molar-refractivity contribution in [2.45, 2.75) is 20.3 Å². The summed E-state index contributed by atoms with van der Waals surface area (Å²) in [4.78, 5) is 0. The van der Waals surface area contributed by atoms with Gasteiger partial charge in [-0.25, -0.2) is 4.39 Å². The molecule has 0 spiro atoms. The Hall–Kier alpha value is -1.11. The lowest BCUT2D eigenvalue weighted by molar-refractivity contribution is 0.604. The lowest BCUT2D eigenvalue weighted by atomic mass is 10.0. The summed E-state index contributed by atoms with van der Waals surface area (Å²) in [6, 6.07) is 3.74. The van der Waals surface area contributed by atoms with Crippen LogP contribution in [0.3, 0.4) is 0 Å². The van der Waals surface area contributed by atoms with Crippen LogP contribution in [0.2, 0.25) is 0 Å². The minimum Gasteiger partial charge on any atom is -0.206 e. The smallest absolute Gasteiger partial charge is 0.129 e. The molecule has 64 valence electrons. The number of aryl methyl sites for hydroxylation is 2. The zero-order chi connectivity index (χ0) is 9.14. The fourth-order valence-corrected chi connectivity index (χ4v) is 1.23. The van der Waals surface area contributed by atoms with Crippen LogP contribution in [0, 0.1) is 19.7 Å². The second-order valence-corrected chi connectivity index (χ2v) is 2.98. The van der Waals surface area contributed by atoms with Gasteiger partial charge in [-0.3, -0.25) is 0 Å². The number of benzene rings is 1. The first kappa shape index (κ1) is 8.98. The van der Waals surface area contributed by atoms with Crippen LogP contribution in [0.15, 0.2) is 24.8 Å². The van der Waals surface area contributed by atoms with Gasteiger partial charge in [0.05, 0.1) is 0 Å². The van der Waals surface area contributed by atoms with Crippen molar-refractivity contribution >= 4 is 0 Å². The Labute approximate surface area is 72.7 Å². The van der Waals surface area contributed by atoms with E-state index in [0.717, 1.165) is 11.1 Å². The Kier molecular flexibility index (Phi) is 2.64. The predicted molar refractivity (Wildman–Crippen MR) is 49.8 cm³/mol. The van der Waals surface area contributed by atoms with Gasteiger partial charge >= 0.3 is 0 Å². The Morgan fingerprint density at radius 3 is 2.50 bits per heavy atom. The van der Waals surface area contributed by atoms with E-state index in [2.05, 4.69) is 6.58 Å². The van der Waals surface area contributed by atoms with E-state index < -0.39 is 0 Å². The van der Waals surface area contributed by atoms with Crippen LogP contribution in [0.4, 0.5) is 4.39 Å². The van der Waals surface area contributed by atoms with Gasteiger partial charge in [0, 0.05) is 0 Å². The van der Waals surface area contributed by atoms with Gasteiger partial charge in [0.25, 0.3) is 0 Å². The summed E-state index contributed by atoms with van der Waals surface area (Å²) in [5.74, 6) is -0.0881. The third kappa shape index (κ3) is 1.55. The average molecular weight is 164 g/mol. The van der Waals surface area contributed by atoms with Crippen molar-refractivity contribution in [1.82, 2.24) is 0 Å². The molecule has 0 aliphatic heterocycles. The molecule has 0 bridgehead atoms. The van der Waals surface area contributed by atoms with Crippen molar-refractivity contribution in [3.05, 3.63) is 47.3 Å². The average Bonchev–Trinajstić information content (AvgIpc) is 2.06. The number of halogens is 1. The van der Waals surface area contributed by atoms with E-state index in [9.17, 15) is 4.39 Å². The molecule has 1 heteroatoms. The van der Waals surface area contributed by atoms with E-state index in [1.807, 2.05) is 13.0 Å². The number of rotatable bonds is 2. The minimum atomic E-state index is -0.0881. The second kappa shape index (κ2) is 3.53. The summed E-state index contributed by atoms with van der Waals surface area (Å²) in [6.07, 6.45) is 2.34. The summed E-state index contributed by atoms with van der Waals surface area (Å²) in [5, 5.41) is 0. The highest BCUT2D eigenvalue weighted by molar-refractivity contribution is 5.33. The van der Waals surface area contributed by atoms with E-state index in [4.69, 9.17) is 0 Å². The van der Waals surface area contributed by atoms with Crippen molar-refractivity contribution < 1.29 is 4.39 Å².